The molecule has 31 heavy (non-hydrogen) atoms. The van der Waals surface area contributed by atoms with Crippen LogP contribution in [0.15, 0.2) is 30.7 Å². The average Bonchev–Trinajstić information content (AvgIpc) is 3.54. The number of nitrogens with one attached hydrogen (secondary N) is 2. The number of fused-ring (bicyclic) bond motifs is 1. The molecule has 5 rings (SSSR count). The molecule has 1 saturated carbocycles. The van der Waals surface area contributed by atoms with E-state index in [4.69, 9.17) is 9.47 Å². The first-order valence-corrected chi connectivity index (χ1v) is 10.9. The van der Waals surface area contributed by atoms with Gasteiger partial charge >= 0.3 is 0 Å². The van der Waals surface area contributed by atoms with E-state index in [9.17, 15) is 4.79 Å². The molecular formula is C23H27N5O3. The summed E-state index contributed by atoms with van der Waals surface area (Å²) in [5.41, 5.74) is 6.39. The quantitative estimate of drug-likeness (QED) is 0.606. The van der Waals surface area contributed by atoms with Crippen molar-refractivity contribution in [1.29, 1.82) is 0 Å². The molecule has 1 aromatic carbocycles. The van der Waals surface area contributed by atoms with Crippen molar-refractivity contribution in [3.63, 3.8) is 0 Å². The second-order valence-electron chi connectivity index (χ2n) is 8.25. The molecule has 1 aliphatic carbocycles. The van der Waals surface area contributed by atoms with Gasteiger partial charge in [0.25, 0.3) is 5.91 Å². The van der Waals surface area contributed by atoms with E-state index in [2.05, 4.69) is 20.4 Å². The number of nitrogens with zero attached hydrogens (tertiary/aromatic N) is 3. The van der Waals surface area contributed by atoms with Crippen LogP contribution in [0.1, 0.15) is 42.5 Å². The molecular weight excluding hydrogens is 394 g/mol. The fourth-order valence-electron chi connectivity index (χ4n) is 3.96. The summed E-state index contributed by atoms with van der Waals surface area (Å²) in [6.07, 6.45) is 9.03. The first kappa shape index (κ1) is 19.8. The molecule has 0 atom stereocenters. The molecule has 8 nitrogen and oxygen atoms in total. The van der Waals surface area contributed by atoms with Gasteiger partial charge in [0, 0.05) is 30.9 Å². The number of amides is 1. The highest BCUT2D eigenvalue weighted by atomic mass is 16.5. The van der Waals surface area contributed by atoms with Crippen LogP contribution in [0.25, 0.3) is 22.3 Å². The highest BCUT2D eigenvalue weighted by Crippen LogP contribution is 2.37. The number of H-pyrrole nitrogens is 1. The number of ether oxygens (including phenoxy) is 2. The van der Waals surface area contributed by atoms with E-state index in [0.717, 1.165) is 43.0 Å². The van der Waals surface area contributed by atoms with Crippen molar-refractivity contribution in [3.05, 3.63) is 36.3 Å². The van der Waals surface area contributed by atoms with Gasteiger partial charge in [-0.2, -0.15) is 0 Å². The van der Waals surface area contributed by atoms with Gasteiger partial charge in [-0.25, -0.2) is 15.0 Å². The lowest BCUT2D eigenvalue weighted by Crippen LogP contribution is -2.45. The number of rotatable bonds is 7. The Labute approximate surface area is 180 Å². The van der Waals surface area contributed by atoms with Gasteiger partial charge in [-0.15, -0.1) is 0 Å². The van der Waals surface area contributed by atoms with Crippen LogP contribution in [-0.2, 0) is 0 Å². The summed E-state index contributed by atoms with van der Waals surface area (Å²) >= 11 is 0. The Morgan fingerprint density at radius 2 is 2.06 bits per heavy atom. The molecule has 0 radical (unpaired) electrons. The van der Waals surface area contributed by atoms with Crippen LogP contribution in [0.5, 0.6) is 11.5 Å². The summed E-state index contributed by atoms with van der Waals surface area (Å²) < 4.78 is 11.5. The third-order valence-electron chi connectivity index (χ3n) is 5.94. The number of hydrogen-bond acceptors (Lipinski definition) is 6. The number of carbonyl (C=O) groups excluding carboxylic acids is 1. The number of piperidine rings is 1. The van der Waals surface area contributed by atoms with Crippen molar-refractivity contribution in [3.8, 4) is 22.8 Å². The van der Waals surface area contributed by atoms with Gasteiger partial charge in [0.1, 0.15) is 29.0 Å². The number of hydrazine groups is 1. The SMILES string of the molecule is COc1ccc(-c2ncnc3c(C(=O)NN4CCCCC4)c[nH]c23)c(OCC2CC2)c1. The monoisotopic (exact) mass is 421 g/mol. The van der Waals surface area contributed by atoms with Crippen molar-refractivity contribution in [1.82, 2.24) is 25.4 Å². The number of carbonyl (C=O) groups is 1. The van der Waals surface area contributed by atoms with E-state index in [1.165, 1.54) is 25.6 Å². The predicted octanol–water partition coefficient (Wildman–Crippen LogP) is 3.55. The Morgan fingerprint density at radius 1 is 1.23 bits per heavy atom. The third-order valence-corrected chi connectivity index (χ3v) is 5.94. The molecule has 1 aliphatic heterocycles. The summed E-state index contributed by atoms with van der Waals surface area (Å²) in [6.45, 7) is 2.44. The second-order valence-corrected chi connectivity index (χ2v) is 8.25. The van der Waals surface area contributed by atoms with Crippen molar-refractivity contribution >= 4 is 16.9 Å². The minimum absolute atomic E-state index is 0.155. The zero-order chi connectivity index (χ0) is 21.2. The lowest BCUT2D eigenvalue weighted by atomic mass is 10.1. The molecule has 1 saturated heterocycles. The Kier molecular flexibility index (Phi) is 5.46. The molecule has 8 heteroatoms. The molecule has 0 spiro atoms. The summed E-state index contributed by atoms with van der Waals surface area (Å²) in [5.74, 6) is 1.92. The number of aromatic nitrogens is 3. The Bertz CT molecular complexity index is 1090. The molecule has 2 aromatic heterocycles. The van der Waals surface area contributed by atoms with Crippen LogP contribution in [0.3, 0.4) is 0 Å². The predicted molar refractivity (Wildman–Crippen MR) is 117 cm³/mol. The molecule has 2 aliphatic rings. The van der Waals surface area contributed by atoms with Gasteiger partial charge in [-0.3, -0.25) is 10.2 Å². The Balaban J connectivity index is 1.47. The first-order chi connectivity index (χ1) is 15.2. The maximum absolute atomic E-state index is 12.9. The van der Waals surface area contributed by atoms with Gasteiger partial charge in [0.05, 0.1) is 24.8 Å². The highest BCUT2D eigenvalue weighted by molar-refractivity contribution is 6.07. The van der Waals surface area contributed by atoms with Gasteiger partial charge in [-0.05, 0) is 43.7 Å². The number of benzene rings is 1. The van der Waals surface area contributed by atoms with Gasteiger partial charge < -0.3 is 14.5 Å². The summed E-state index contributed by atoms with van der Waals surface area (Å²) in [4.78, 5) is 25.0. The second kappa shape index (κ2) is 8.55. The van der Waals surface area contributed by atoms with E-state index in [-0.39, 0.29) is 5.91 Å². The maximum Gasteiger partial charge on any atom is 0.269 e. The van der Waals surface area contributed by atoms with Crippen LogP contribution in [0.2, 0.25) is 0 Å². The van der Waals surface area contributed by atoms with E-state index < -0.39 is 0 Å². The smallest absolute Gasteiger partial charge is 0.269 e. The lowest BCUT2D eigenvalue weighted by molar-refractivity contribution is 0.0751. The number of methoxy groups -OCH3 is 1. The number of hydrogen-bond donors (Lipinski definition) is 2. The minimum Gasteiger partial charge on any atom is -0.497 e. The topological polar surface area (TPSA) is 92.4 Å². The van der Waals surface area contributed by atoms with Crippen LogP contribution >= 0.6 is 0 Å². The van der Waals surface area contributed by atoms with Crippen LogP contribution in [0.4, 0.5) is 0 Å². The zero-order valence-corrected chi connectivity index (χ0v) is 17.7. The average molecular weight is 422 g/mol. The summed E-state index contributed by atoms with van der Waals surface area (Å²) in [5, 5.41) is 1.99. The molecule has 0 bridgehead atoms. The van der Waals surface area contributed by atoms with Crippen LogP contribution in [0, 0.1) is 5.92 Å². The van der Waals surface area contributed by atoms with Crippen LogP contribution < -0.4 is 14.9 Å². The molecule has 0 unspecified atom stereocenters. The molecule has 3 heterocycles. The zero-order valence-electron chi connectivity index (χ0n) is 17.7. The van der Waals surface area contributed by atoms with E-state index in [1.54, 1.807) is 13.3 Å². The molecule has 2 N–H and O–H groups in total. The minimum atomic E-state index is -0.155. The van der Waals surface area contributed by atoms with Gasteiger partial charge in [0.2, 0.25) is 0 Å². The summed E-state index contributed by atoms with van der Waals surface area (Å²) in [6, 6.07) is 5.72. The molecule has 2 fully saturated rings. The van der Waals surface area contributed by atoms with Crippen molar-refractivity contribution < 1.29 is 14.3 Å². The number of aromatic amines is 1. The van der Waals surface area contributed by atoms with Gasteiger partial charge in [-0.1, -0.05) is 6.42 Å². The standard InChI is InChI=1S/C23H27N5O3/c1-30-16-7-8-17(19(11-16)31-13-15-5-6-15)20-22-21(26-14-25-20)18(12-24-22)23(29)27-28-9-3-2-4-10-28/h7-8,11-12,14-15,24H,2-6,9-10,13H2,1H3,(H,27,29). The van der Waals surface area contributed by atoms with Crippen molar-refractivity contribution in [2.45, 2.75) is 32.1 Å². The van der Waals surface area contributed by atoms with E-state index in [1.807, 2.05) is 23.2 Å². The largest absolute Gasteiger partial charge is 0.497 e. The fraction of sp³-hybridized carbons (Fsp3) is 0.435. The molecule has 162 valence electrons. The van der Waals surface area contributed by atoms with E-state index in [0.29, 0.717) is 34.8 Å². The highest BCUT2D eigenvalue weighted by Gasteiger charge is 2.24. The van der Waals surface area contributed by atoms with Crippen molar-refractivity contribution in [2.75, 3.05) is 26.8 Å². The van der Waals surface area contributed by atoms with Crippen LogP contribution in [-0.4, -0.2) is 52.7 Å². The molecule has 3 aromatic rings. The summed E-state index contributed by atoms with van der Waals surface area (Å²) in [7, 11) is 1.64. The fourth-order valence-corrected chi connectivity index (χ4v) is 3.96. The third kappa shape index (κ3) is 4.20. The first-order valence-electron chi connectivity index (χ1n) is 10.9. The van der Waals surface area contributed by atoms with Crippen molar-refractivity contribution in [2.24, 2.45) is 5.92 Å². The Hall–Kier alpha value is -3.13. The maximum atomic E-state index is 12.9. The normalized spacial score (nSPS) is 16.9. The Morgan fingerprint density at radius 3 is 2.84 bits per heavy atom. The van der Waals surface area contributed by atoms with Gasteiger partial charge in [0.15, 0.2) is 0 Å². The molecule has 1 amide bonds. The van der Waals surface area contributed by atoms with E-state index >= 15 is 0 Å². The lowest BCUT2D eigenvalue weighted by Gasteiger charge is -2.26.